The van der Waals surface area contributed by atoms with Crippen LogP contribution < -0.4 is 11.1 Å². The molecule has 0 unspecified atom stereocenters. The molecule has 1 aromatic heterocycles. The summed E-state index contributed by atoms with van der Waals surface area (Å²) in [6, 6.07) is 11.7. The zero-order valence-corrected chi connectivity index (χ0v) is 11.9. The fourth-order valence-electron chi connectivity index (χ4n) is 2.01. The summed E-state index contributed by atoms with van der Waals surface area (Å²) in [4.78, 5) is 22.1. The van der Waals surface area contributed by atoms with Crippen LogP contribution in [-0.2, 0) is 15.0 Å². The fourth-order valence-corrected chi connectivity index (χ4v) is 2.01. The van der Waals surface area contributed by atoms with Crippen LogP contribution in [-0.4, -0.2) is 22.0 Å². The van der Waals surface area contributed by atoms with E-state index in [4.69, 9.17) is 5.73 Å². The van der Waals surface area contributed by atoms with Crippen molar-refractivity contribution in [3.63, 3.8) is 0 Å². The van der Waals surface area contributed by atoms with Gasteiger partial charge in [0.05, 0.1) is 5.69 Å². The summed E-state index contributed by atoms with van der Waals surface area (Å²) >= 11 is 0. The van der Waals surface area contributed by atoms with E-state index in [2.05, 4.69) is 15.5 Å². The Balaban J connectivity index is 2.16. The number of nitrogens with one attached hydrogen (secondary N) is 2. The molecule has 0 aliphatic rings. The Bertz CT molecular complexity index is 647. The van der Waals surface area contributed by atoms with Crippen molar-refractivity contribution in [2.45, 2.75) is 19.3 Å². The van der Waals surface area contributed by atoms with Crippen LogP contribution in [0, 0.1) is 6.42 Å². The number of benzene rings is 1. The Morgan fingerprint density at radius 1 is 1.29 bits per heavy atom. The predicted octanol–water partition coefficient (Wildman–Crippen LogP) is 1.36. The number of anilines is 1. The SMILES string of the molecule is CC(C)(c1ccccc1)c1cc(NC(=O)[CH]C(N)=O)[nH]n1. The normalized spacial score (nSPS) is 11.1. The van der Waals surface area contributed by atoms with Crippen LogP contribution in [0.2, 0.25) is 0 Å². The highest BCUT2D eigenvalue weighted by Crippen LogP contribution is 2.30. The van der Waals surface area contributed by atoms with Gasteiger partial charge in [-0.1, -0.05) is 44.2 Å². The van der Waals surface area contributed by atoms with Crippen LogP contribution in [0.5, 0.6) is 0 Å². The van der Waals surface area contributed by atoms with Crippen LogP contribution in [0.1, 0.15) is 25.1 Å². The van der Waals surface area contributed by atoms with Crippen molar-refractivity contribution >= 4 is 17.6 Å². The topological polar surface area (TPSA) is 101 Å². The molecule has 6 nitrogen and oxygen atoms in total. The maximum absolute atomic E-state index is 11.4. The molecule has 0 saturated heterocycles. The maximum Gasteiger partial charge on any atom is 0.239 e. The molecule has 0 aliphatic heterocycles. The number of aromatic amines is 1. The van der Waals surface area contributed by atoms with E-state index in [0.29, 0.717) is 5.82 Å². The van der Waals surface area contributed by atoms with Crippen molar-refractivity contribution in [1.82, 2.24) is 10.2 Å². The number of nitrogens with two attached hydrogens (primary N) is 1. The maximum atomic E-state index is 11.4. The third kappa shape index (κ3) is 3.47. The zero-order chi connectivity index (χ0) is 15.5. The van der Waals surface area contributed by atoms with Gasteiger partial charge in [-0.15, -0.1) is 0 Å². The van der Waals surface area contributed by atoms with E-state index in [1.807, 2.05) is 44.2 Å². The molecule has 21 heavy (non-hydrogen) atoms. The number of carbonyl (C=O) groups excluding carboxylic acids is 2. The summed E-state index contributed by atoms with van der Waals surface area (Å²) in [5.41, 5.74) is 6.49. The number of nitrogens with zero attached hydrogens (tertiary/aromatic N) is 1. The Morgan fingerprint density at radius 2 is 1.95 bits per heavy atom. The Kier molecular flexibility index (Phi) is 4.07. The molecule has 2 rings (SSSR count). The standard InChI is InChI=1S/C15H17N4O2/c1-15(2,10-6-4-3-5-7-10)11-8-13(19-18-11)17-14(21)9-12(16)20/h3-9H,1-2H3,(H2,16,20)(H2,17,18,19,21). The van der Waals surface area contributed by atoms with Gasteiger partial charge in [0.25, 0.3) is 0 Å². The lowest BCUT2D eigenvalue weighted by Crippen LogP contribution is -2.22. The smallest absolute Gasteiger partial charge is 0.239 e. The van der Waals surface area contributed by atoms with Crippen LogP contribution >= 0.6 is 0 Å². The molecule has 109 valence electrons. The summed E-state index contributed by atoms with van der Waals surface area (Å²) in [6.07, 6.45) is 0.781. The van der Waals surface area contributed by atoms with Crippen molar-refractivity contribution in [2.75, 3.05) is 5.32 Å². The molecular weight excluding hydrogens is 268 g/mol. The average molecular weight is 285 g/mol. The molecule has 4 N–H and O–H groups in total. The van der Waals surface area contributed by atoms with E-state index in [1.165, 1.54) is 0 Å². The lowest BCUT2D eigenvalue weighted by Gasteiger charge is -2.22. The van der Waals surface area contributed by atoms with Crippen LogP contribution in [0.3, 0.4) is 0 Å². The van der Waals surface area contributed by atoms with E-state index < -0.39 is 11.8 Å². The molecule has 1 heterocycles. The lowest BCUT2D eigenvalue weighted by atomic mass is 9.82. The Morgan fingerprint density at radius 3 is 2.57 bits per heavy atom. The number of hydrogen-bond donors (Lipinski definition) is 3. The first kappa shape index (κ1) is 14.8. The van der Waals surface area contributed by atoms with Crippen molar-refractivity contribution in [3.8, 4) is 0 Å². The van der Waals surface area contributed by atoms with Crippen LogP contribution in [0.15, 0.2) is 36.4 Å². The number of aromatic nitrogens is 2. The molecule has 0 spiro atoms. The number of carbonyl (C=O) groups is 2. The fraction of sp³-hybridized carbons (Fsp3) is 0.200. The van der Waals surface area contributed by atoms with Gasteiger partial charge in [0.2, 0.25) is 11.8 Å². The Labute approximate surface area is 122 Å². The van der Waals surface area contributed by atoms with E-state index in [0.717, 1.165) is 17.7 Å². The highest BCUT2D eigenvalue weighted by atomic mass is 16.2. The molecule has 1 radical (unpaired) electrons. The molecule has 0 bridgehead atoms. The first-order valence-electron chi connectivity index (χ1n) is 6.46. The third-order valence-electron chi connectivity index (χ3n) is 3.24. The molecule has 2 amide bonds. The largest absolute Gasteiger partial charge is 0.369 e. The van der Waals surface area contributed by atoms with Gasteiger partial charge in [-0.25, -0.2) is 0 Å². The number of rotatable bonds is 5. The summed E-state index contributed by atoms with van der Waals surface area (Å²) in [6.45, 7) is 4.08. The lowest BCUT2D eigenvalue weighted by molar-refractivity contribution is -0.120. The first-order valence-corrected chi connectivity index (χ1v) is 6.46. The van der Waals surface area contributed by atoms with E-state index in [-0.39, 0.29) is 5.41 Å². The Hall–Kier alpha value is -2.63. The van der Waals surface area contributed by atoms with Crippen molar-refractivity contribution in [1.29, 1.82) is 0 Å². The number of hydrogen-bond acceptors (Lipinski definition) is 3. The summed E-state index contributed by atoms with van der Waals surface area (Å²) in [7, 11) is 0. The second-order valence-corrected chi connectivity index (χ2v) is 5.19. The second-order valence-electron chi connectivity index (χ2n) is 5.19. The molecule has 0 aliphatic carbocycles. The predicted molar refractivity (Wildman–Crippen MR) is 79.3 cm³/mol. The molecular formula is C15H17N4O2. The zero-order valence-electron chi connectivity index (χ0n) is 11.9. The van der Waals surface area contributed by atoms with Gasteiger partial charge in [-0.3, -0.25) is 14.7 Å². The summed E-state index contributed by atoms with van der Waals surface area (Å²) < 4.78 is 0. The highest BCUT2D eigenvalue weighted by molar-refractivity contribution is 6.12. The molecule has 1 aromatic carbocycles. The molecule has 0 saturated carbocycles. The minimum Gasteiger partial charge on any atom is -0.369 e. The molecule has 0 atom stereocenters. The van der Waals surface area contributed by atoms with Gasteiger partial charge in [0.15, 0.2) is 0 Å². The number of primary amides is 1. The van der Waals surface area contributed by atoms with Crippen molar-refractivity contribution in [2.24, 2.45) is 5.73 Å². The van der Waals surface area contributed by atoms with E-state index >= 15 is 0 Å². The van der Waals surface area contributed by atoms with Gasteiger partial charge in [-0.05, 0) is 5.56 Å². The highest BCUT2D eigenvalue weighted by Gasteiger charge is 2.26. The first-order chi connectivity index (χ1) is 9.89. The molecule has 6 heteroatoms. The van der Waals surface area contributed by atoms with E-state index in [1.54, 1.807) is 6.07 Å². The molecule has 0 fully saturated rings. The summed E-state index contributed by atoms with van der Waals surface area (Å²) in [5.74, 6) is -0.969. The van der Waals surface area contributed by atoms with Crippen molar-refractivity contribution in [3.05, 3.63) is 54.1 Å². The number of H-pyrrole nitrogens is 1. The second kappa shape index (κ2) is 5.78. The van der Waals surface area contributed by atoms with Gasteiger partial charge in [0.1, 0.15) is 12.2 Å². The minimum absolute atomic E-state index is 0.311. The van der Waals surface area contributed by atoms with Crippen LogP contribution in [0.25, 0.3) is 0 Å². The van der Waals surface area contributed by atoms with Gasteiger partial charge in [0, 0.05) is 11.5 Å². The van der Waals surface area contributed by atoms with Gasteiger partial charge < -0.3 is 11.1 Å². The quantitative estimate of drug-likeness (QED) is 0.723. The third-order valence-corrected chi connectivity index (χ3v) is 3.24. The summed E-state index contributed by atoms with van der Waals surface area (Å²) in [5, 5.41) is 9.46. The average Bonchev–Trinajstić information content (AvgIpc) is 2.88. The van der Waals surface area contributed by atoms with Crippen LogP contribution in [0.4, 0.5) is 5.82 Å². The number of amides is 2. The minimum atomic E-state index is -0.795. The van der Waals surface area contributed by atoms with Gasteiger partial charge >= 0.3 is 0 Å². The monoisotopic (exact) mass is 285 g/mol. The van der Waals surface area contributed by atoms with Crippen molar-refractivity contribution < 1.29 is 9.59 Å². The van der Waals surface area contributed by atoms with Gasteiger partial charge in [-0.2, -0.15) is 5.10 Å². The van der Waals surface area contributed by atoms with E-state index in [9.17, 15) is 9.59 Å². The molecule has 2 aromatic rings.